The van der Waals surface area contributed by atoms with Crippen molar-refractivity contribution in [3.05, 3.63) is 29.3 Å². The molecule has 0 saturated heterocycles. The second-order valence-corrected chi connectivity index (χ2v) is 6.63. The largest absolute Gasteiger partial charge is 0.391 e. The molecule has 0 aromatic heterocycles. The molecular formula is C13H17F2NO3S. The summed E-state index contributed by atoms with van der Waals surface area (Å²) >= 11 is 0. The molecule has 1 fully saturated rings. The van der Waals surface area contributed by atoms with E-state index in [1.807, 2.05) is 0 Å². The Bertz CT molecular complexity index is 584. The molecule has 0 aliphatic heterocycles. The number of rotatable bonds is 4. The molecule has 0 bridgehead atoms. The predicted molar refractivity (Wildman–Crippen MR) is 69.5 cm³/mol. The van der Waals surface area contributed by atoms with Gasteiger partial charge >= 0.3 is 0 Å². The highest BCUT2D eigenvalue weighted by molar-refractivity contribution is 7.89. The molecular weight excluding hydrogens is 288 g/mol. The first-order valence-electron chi connectivity index (χ1n) is 6.56. The van der Waals surface area contributed by atoms with Gasteiger partial charge in [0.2, 0.25) is 10.0 Å². The Morgan fingerprint density at radius 3 is 2.45 bits per heavy atom. The zero-order valence-electron chi connectivity index (χ0n) is 10.9. The van der Waals surface area contributed by atoms with Crippen molar-refractivity contribution in [3.8, 4) is 0 Å². The highest BCUT2D eigenvalue weighted by atomic mass is 32.2. The molecule has 1 saturated carbocycles. The summed E-state index contributed by atoms with van der Waals surface area (Å²) in [7, 11) is -4.04. The third kappa shape index (κ3) is 3.16. The summed E-state index contributed by atoms with van der Waals surface area (Å²) < 4.78 is 54.0. The summed E-state index contributed by atoms with van der Waals surface area (Å²) in [5, 5.41) is 8.92. The Balaban J connectivity index is 2.29. The maximum absolute atomic E-state index is 14.0. The van der Waals surface area contributed by atoms with Crippen LogP contribution in [0.2, 0.25) is 0 Å². The quantitative estimate of drug-likeness (QED) is 0.895. The molecule has 112 valence electrons. The Kier molecular flexibility index (Phi) is 4.72. The fourth-order valence-electron chi connectivity index (χ4n) is 2.43. The second kappa shape index (κ2) is 6.15. The zero-order chi connectivity index (χ0) is 14.8. The first-order chi connectivity index (χ1) is 9.45. The Hall–Kier alpha value is -1.05. The van der Waals surface area contributed by atoms with Crippen molar-refractivity contribution in [2.24, 2.45) is 0 Å². The van der Waals surface area contributed by atoms with Crippen LogP contribution in [0.4, 0.5) is 8.78 Å². The van der Waals surface area contributed by atoms with Gasteiger partial charge < -0.3 is 5.11 Å². The fraction of sp³-hybridized carbons (Fsp3) is 0.538. The SMILES string of the molecule is O=S(=O)(NC1CCCCC1)c1ccc(F)c(CO)c1F. The third-order valence-corrected chi connectivity index (χ3v) is 5.06. The third-order valence-electron chi connectivity index (χ3n) is 3.53. The first-order valence-corrected chi connectivity index (χ1v) is 8.04. The first kappa shape index (κ1) is 15.3. The Morgan fingerprint density at radius 2 is 1.85 bits per heavy atom. The standard InChI is InChI=1S/C13H17F2NO3S/c14-11-6-7-12(13(15)10(11)8-17)20(18,19)16-9-4-2-1-3-5-9/h6-7,9,16-17H,1-5,8H2. The van der Waals surface area contributed by atoms with E-state index in [1.165, 1.54) is 0 Å². The maximum Gasteiger partial charge on any atom is 0.243 e. The topological polar surface area (TPSA) is 66.4 Å². The number of halogens is 2. The van der Waals surface area contributed by atoms with Crippen molar-refractivity contribution < 1.29 is 22.3 Å². The molecule has 0 radical (unpaired) electrons. The molecule has 1 aliphatic rings. The number of aliphatic hydroxyl groups is 1. The van der Waals surface area contributed by atoms with E-state index in [0.717, 1.165) is 44.2 Å². The molecule has 0 amide bonds. The van der Waals surface area contributed by atoms with E-state index in [4.69, 9.17) is 5.11 Å². The number of hydrogen-bond acceptors (Lipinski definition) is 3. The number of nitrogens with one attached hydrogen (secondary N) is 1. The molecule has 0 heterocycles. The monoisotopic (exact) mass is 305 g/mol. The average Bonchev–Trinajstić information content (AvgIpc) is 2.39. The van der Waals surface area contributed by atoms with Crippen molar-refractivity contribution in [2.45, 2.75) is 49.6 Å². The maximum atomic E-state index is 14.0. The van der Waals surface area contributed by atoms with E-state index in [-0.39, 0.29) is 6.04 Å². The lowest BCUT2D eigenvalue weighted by atomic mass is 9.96. The van der Waals surface area contributed by atoms with Gasteiger partial charge in [0.15, 0.2) is 5.82 Å². The highest BCUT2D eigenvalue weighted by Gasteiger charge is 2.26. The number of aliphatic hydroxyl groups excluding tert-OH is 1. The van der Waals surface area contributed by atoms with Gasteiger partial charge in [-0.25, -0.2) is 21.9 Å². The summed E-state index contributed by atoms with van der Waals surface area (Å²) in [5.41, 5.74) is -0.628. The summed E-state index contributed by atoms with van der Waals surface area (Å²) in [6.07, 6.45) is 4.36. The molecule has 0 unspecified atom stereocenters. The van der Waals surface area contributed by atoms with Gasteiger partial charge in [-0.15, -0.1) is 0 Å². The van der Waals surface area contributed by atoms with Crippen molar-refractivity contribution in [2.75, 3.05) is 0 Å². The lowest BCUT2D eigenvalue weighted by molar-refractivity contribution is 0.267. The van der Waals surface area contributed by atoms with Crippen molar-refractivity contribution in [3.63, 3.8) is 0 Å². The van der Waals surface area contributed by atoms with Crippen LogP contribution in [0.25, 0.3) is 0 Å². The van der Waals surface area contributed by atoms with Crippen LogP contribution in [0.15, 0.2) is 17.0 Å². The van der Waals surface area contributed by atoms with Crippen LogP contribution >= 0.6 is 0 Å². The van der Waals surface area contributed by atoms with E-state index in [2.05, 4.69) is 4.72 Å². The van der Waals surface area contributed by atoms with Gasteiger partial charge in [-0.05, 0) is 25.0 Å². The summed E-state index contributed by atoms with van der Waals surface area (Å²) in [4.78, 5) is -0.617. The minimum absolute atomic E-state index is 0.212. The molecule has 7 heteroatoms. The number of benzene rings is 1. The van der Waals surface area contributed by atoms with E-state index >= 15 is 0 Å². The molecule has 20 heavy (non-hydrogen) atoms. The molecule has 2 rings (SSSR count). The minimum atomic E-state index is -4.04. The fourth-order valence-corrected chi connectivity index (χ4v) is 3.84. The number of sulfonamides is 1. The molecule has 4 nitrogen and oxygen atoms in total. The van der Waals surface area contributed by atoms with Gasteiger partial charge in [0.25, 0.3) is 0 Å². The van der Waals surface area contributed by atoms with Crippen LogP contribution in [-0.2, 0) is 16.6 Å². The van der Waals surface area contributed by atoms with Crippen LogP contribution < -0.4 is 4.72 Å². The molecule has 1 aromatic carbocycles. The lowest BCUT2D eigenvalue weighted by Gasteiger charge is -2.22. The lowest BCUT2D eigenvalue weighted by Crippen LogP contribution is -2.36. The van der Waals surface area contributed by atoms with Crippen LogP contribution in [0.1, 0.15) is 37.7 Å². The average molecular weight is 305 g/mol. The molecule has 1 aromatic rings. The van der Waals surface area contributed by atoms with Crippen LogP contribution in [-0.4, -0.2) is 19.6 Å². The van der Waals surface area contributed by atoms with Gasteiger partial charge in [-0.2, -0.15) is 0 Å². The van der Waals surface area contributed by atoms with Gasteiger partial charge in [0.05, 0.1) is 12.2 Å². The van der Waals surface area contributed by atoms with Gasteiger partial charge in [0.1, 0.15) is 10.7 Å². The van der Waals surface area contributed by atoms with Gasteiger partial charge in [-0.1, -0.05) is 19.3 Å². The normalized spacial score (nSPS) is 17.4. The van der Waals surface area contributed by atoms with Crippen molar-refractivity contribution in [1.82, 2.24) is 4.72 Å². The van der Waals surface area contributed by atoms with Gasteiger partial charge in [0, 0.05) is 6.04 Å². The van der Waals surface area contributed by atoms with E-state index < -0.39 is 38.7 Å². The highest BCUT2D eigenvalue weighted by Crippen LogP contribution is 2.24. The van der Waals surface area contributed by atoms with Crippen molar-refractivity contribution >= 4 is 10.0 Å². The molecule has 0 atom stereocenters. The van der Waals surface area contributed by atoms with Crippen LogP contribution in [0.5, 0.6) is 0 Å². The molecule has 1 aliphatic carbocycles. The minimum Gasteiger partial charge on any atom is -0.391 e. The summed E-state index contributed by atoms with van der Waals surface area (Å²) in [6, 6.07) is 1.52. The molecule has 2 N–H and O–H groups in total. The van der Waals surface area contributed by atoms with E-state index in [9.17, 15) is 17.2 Å². The zero-order valence-corrected chi connectivity index (χ0v) is 11.7. The summed E-state index contributed by atoms with van der Waals surface area (Å²) in [5.74, 6) is -2.18. The summed E-state index contributed by atoms with van der Waals surface area (Å²) in [6.45, 7) is -0.884. The predicted octanol–water partition coefficient (Wildman–Crippen LogP) is 2.07. The van der Waals surface area contributed by atoms with Crippen molar-refractivity contribution in [1.29, 1.82) is 0 Å². The van der Waals surface area contributed by atoms with E-state index in [1.54, 1.807) is 0 Å². The smallest absolute Gasteiger partial charge is 0.243 e. The Labute approximate surface area is 116 Å². The van der Waals surface area contributed by atoms with Crippen LogP contribution in [0.3, 0.4) is 0 Å². The van der Waals surface area contributed by atoms with E-state index in [0.29, 0.717) is 0 Å². The van der Waals surface area contributed by atoms with Gasteiger partial charge in [-0.3, -0.25) is 0 Å². The van der Waals surface area contributed by atoms with Crippen LogP contribution in [0, 0.1) is 11.6 Å². The molecule has 0 spiro atoms. The number of hydrogen-bond donors (Lipinski definition) is 2. The second-order valence-electron chi connectivity index (χ2n) is 4.95. The Morgan fingerprint density at radius 1 is 1.20 bits per heavy atom.